The summed E-state index contributed by atoms with van der Waals surface area (Å²) in [5, 5.41) is 0. The molecule has 2 aliphatic carbocycles. The molecule has 2 saturated carbocycles. The van der Waals surface area contributed by atoms with Crippen molar-refractivity contribution in [1.29, 1.82) is 0 Å². The monoisotopic (exact) mass is 449 g/mol. The van der Waals surface area contributed by atoms with Gasteiger partial charge in [-0.25, -0.2) is 14.8 Å². The SMILES string of the molecule is O=C(OC1CC2(C1)CN(Cc1ccccc1)C2)N1CCN(c2ncc(OC3CC3)cn2)CC1. The molecule has 0 bridgehead atoms. The summed E-state index contributed by atoms with van der Waals surface area (Å²) in [6.07, 6.45) is 7.95. The molecule has 174 valence electrons. The summed E-state index contributed by atoms with van der Waals surface area (Å²) < 4.78 is 11.5. The minimum atomic E-state index is -0.177. The highest BCUT2D eigenvalue weighted by molar-refractivity contribution is 5.68. The van der Waals surface area contributed by atoms with Gasteiger partial charge in [0.15, 0.2) is 5.75 Å². The van der Waals surface area contributed by atoms with Crippen LogP contribution >= 0.6 is 0 Å². The van der Waals surface area contributed by atoms with Crippen molar-refractivity contribution in [3.63, 3.8) is 0 Å². The molecular weight excluding hydrogens is 418 g/mol. The molecule has 2 aliphatic heterocycles. The van der Waals surface area contributed by atoms with Crippen LogP contribution in [-0.4, -0.2) is 77.3 Å². The molecule has 1 spiro atoms. The zero-order chi connectivity index (χ0) is 22.3. The van der Waals surface area contributed by atoms with Crippen LogP contribution in [0.2, 0.25) is 0 Å². The number of benzene rings is 1. The summed E-state index contributed by atoms with van der Waals surface area (Å²) in [4.78, 5) is 27.9. The molecule has 1 amide bonds. The van der Waals surface area contributed by atoms with E-state index in [1.165, 1.54) is 5.56 Å². The Morgan fingerprint density at radius 2 is 1.67 bits per heavy atom. The van der Waals surface area contributed by atoms with Gasteiger partial charge in [-0.1, -0.05) is 30.3 Å². The van der Waals surface area contributed by atoms with Crippen molar-refractivity contribution >= 4 is 12.0 Å². The third kappa shape index (κ3) is 4.62. The molecule has 4 fully saturated rings. The average molecular weight is 450 g/mol. The van der Waals surface area contributed by atoms with Gasteiger partial charge in [0.05, 0.1) is 18.5 Å². The third-order valence-corrected chi connectivity index (χ3v) is 7.22. The van der Waals surface area contributed by atoms with Gasteiger partial charge >= 0.3 is 6.09 Å². The molecule has 1 aromatic carbocycles. The maximum atomic E-state index is 12.6. The molecule has 4 aliphatic rings. The summed E-state index contributed by atoms with van der Waals surface area (Å²) in [5.41, 5.74) is 1.73. The molecule has 0 unspecified atom stereocenters. The molecule has 0 atom stereocenters. The molecule has 2 aromatic rings. The van der Waals surface area contributed by atoms with E-state index in [9.17, 15) is 4.79 Å². The lowest BCUT2D eigenvalue weighted by Crippen LogP contribution is -2.64. The number of rotatable bonds is 6. The fourth-order valence-electron chi connectivity index (χ4n) is 5.32. The number of hydrogen-bond donors (Lipinski definition) is 0. The maximum absolute atomic E-state index is 12.6. The van der Waals surface area contributed by atoms with Crippen LogP contribution in [0.25, 0.3) is 0 Å². The Morgan fingerprint density at radius 3 is 2.33 bits per heavy atom. The van der Waals surface area contributed by atoms with Gasteiger partial charge in [-0.15, -0.1) is 0 Å². The lowest BCUT2D eigenvalue weighted by atomic mass is 9.61. The number of anilines is 1. The molecule has 33 heavy (non-hydrogen) atoms. The molecule has 3 heterocycles. The smallest absolute Gasteiger partial charge is 0.410 e. The second-order valence-electron chi connectivity index (χ2n) is 10.1. The van der Waals surface area contributed by atoms with Crippen molar-refractivity contribution in [3.05, 3.63) is 48.3 Å². The van der Waals surface area contributed by atoms with Gasteiger partial charge in [-0.3, -0.25) is 4.90 Å². The lowest BCUT2D eigenvalue weighted by molar-refractivity contribution is -0.136. The Bertz CT molecular complexity index is 959. The number of aromatic nitrogens is 2. The fourth-order valence-corrected chi connectivity index (χ4v) is 5.32. The van der Waals surface area contributed by atoms with Gasteiger partial charge in [-0.05, 0) is 31.2 Å². The number of likely N-dealkylation sites (tertiary alicyclic amines) is 1. The zero-order valence-corrected chi connectivity index (χ0v) is 18.9. The number of carbonyl (C=O) groups excluding carboxylic acids is 1. The van der Waals surface area contributed by atoms with E-state index in [2.05, 4.69) is 50.1 Å². The summed E-state index contributed by atoms with van der Waals surface area (Å²) in [6, 6.07) is 10.6. The third-order valence-electron chi connectivity index (χ3n) is 7.22. The normalized spacial score (nSPS) is 22.5. The highest BCUT2D eigenvalue weighted by Gasteiger charge is 2.53. The van der Waals surface area contributed by atoms with Crippen LogP contribution in [0.4, 0.5) is 10.7 Å². The van der Waals surface area contributed by atoms with E-state index in [4.69, 9.17) is 9.47 Å². The van der Waals surface area contributed by atoms with Crippen LogP contribution < -0.4 is 9.64 Å². The minimum Gasteiger partial charge on any atom is -0.487 e. The average Bonchev–Trinajstić information content (AvgIpc) is 3.61. The highest BCUT2D eigenvalue weighted by Crippen LogP contribution is 2.50. The van der Waals surface area contributed by atoms with Gasteiger partial charge in [-0.2, -0.15) is 0 Å². The van der Waals surface area contributed by atoms with Gasteiger partial charge in [0.25, 0.3) is 0 Å². The van der Waals surface area contributed by atoms with Crippen molar-refractivity contribution in [2.24, 2.45) is 5.41 Å². The predicted octanol–water partition coefficient (Wildman–Crippen LogP) is 2.94. The van der Waals surface area contributed by atoms with Crippen LogP contribution in [-0.2, 0) is 11.3 Å². The first-order valence-electron chi connectivity index (χ1n) is 12.1. The van der Waals surface area contributed by atoms with E-state index in [0.717, 1.165) is 51.1 Å². The number of piperazine rings is 1. The second-order valence-corrected chi connectivity index (χ2v) is 10.1. The zero-order valence-electron chi connectivity index (χ0n) is 18.9. The molecule has 8 heteroatoms. The van der Waals surface area contributed by atoms with Crippen LogP contribution in [0.1, 0.15) is 31.2 Å². The number of hydrogen-bond acceptors (Lipinski definition) is 7. The first-order valence-corrected chi connectivity index (χ1v) is 12.1. The van der Waals surface area contributed by atoms with Crippen molar-refractivity contribution in [1.82, 2.24) is 19.8 Å². The molecule has 1 aromatic heterocycles. The van der Waals surface area contributed by atoms with Crippen LogP contribution in [0.15, 0.2) is 42.7 Å². The summed E-state index contributed by atoms with van der Waals surface area (Å²) in [7, 11) is 0. The maximum Gasteiger partial charge on any atom is 0.410 e. The summed E-state index contributed by atoms with van der Waals surface area (Å²) in [6.45, 7) is 5.91. The summed E-state index contributed by atoms with van der Waals surface area (Å²) in [5.74, 6) is 1.42. The van der Waals surface area contributed by atoms with Crippen molar-refractivity contribution in [2.45, 2.75) is 44.4 Å². The van der Waals surface area contributed by atoms with Gasteiger partial charge in [0.2, 0.25) is 5.95 Å². The Morgan fingerprint density at radius 1 is 0.970 bits per heavy atom. The van der Waals surface area contributed by atoms with Gasteiger partial charge in [0, 0.05) is 51.2 Å². The Hall–Kier alpha value is -2.87. The Balaban J connectivity index is 0.909. The van der Waals surface area contributed by atoms with E-state index >= 15 is 0 Å². The second kappa shape index (κ2) is 8.48. The molecule has 8 nitrogen and oxygen atoms in total. The molecule has 2 saturated heterocycles. The Labute approximate surface area is 194 Å². The quantitative estimate of drug-likeness (QED) is 0.672. The van der Waals surface area contributed by atoms with Crippen LogP contribution in [0.3, 0.4) is 0 Å². The molecule has 0 radical (unpaired) electrons. The van der Waals surface area contributed by atoms with Crippen LogP contribution in [0, 0.1) is 5.41 Å². The standard InChI is InChI=1S/C25H31N5O3/c31-24(33-21-12-25(13-21)17-28(18-25)16-19-4-2-1-3-5-19)30-10-8-29(9-11-30)23-26-14-22(15-27-23)32-20-6-7-20/h1-5,14-15,20-21H,6-13,16-18H2. The number of ether oxygens (including phenoxy) is 2. The van der Waals surface area contributed by atoms with Crippen LogP contribution in [0.5, 0.6) is 5.75 Å². The van der Waals surface area contributed by atoms with Gasteiger partial charge in [0.1, 0.15) is 6.10 Å². The van der Waals surface area contributed by atoms with E-state index in [1.807, 2.05) is 4.90 Å². The Kier molecular flexibility index (Phi) is 5.32. The lowest BCUT2D eigenvalue weighted by Gasteiger charge is -2.58. The van der Waals surface area contributed by atoms with E-state index < -0.39 is 0 Å². The van der Waals surface area contributed by atoms with Gasteiger partial charge < -0.3 is 19.3 Å². The van der Waals surface area contributed by atoms with E-state index in [1.54, 1.807) is 12.4 Å². The topological polar surface area (TPSA) is 71.0 Å². The highest BCUT2D eigenvalue weighted by atomic mass is 16.6. The van der Waals surface area contributed by atoms with Crippen molar-refractivity contribution in [3.8, 4) is 5.75 Å². The first-order chi connectivity index (χ1) is 16.1. The summed E-state index contributed by atoms with van der Waals surface area (Å²) >= 11 is 0. The predicted molar refractivity (Wildman–Crippen MR) is 123 cm³/mol. The number of amides is 1. The van der Waals surface area contributed by atoms with Crippen molar-refractivity contribution in [2.75, 3.05) is 44.2 Å². The van der Waals surface area contributed by atoms with E-state index in [-0.39, 0.29) is 12.2 Å². The largest absolute Gasteiger partial charge is 0.487 e. The number of nitrogens with zero attached hydrogens (tertiary/aromatic N) is 5. The van der Waals surface area contributed by atoms with Crippen molar-refractivity contribution < 1.29 is 14.3 Å². The molecular formula is C25H31N5O3. The fraction of sp³-hybridized carbons (Fsp3) is 0.560. The molecule has 0 N–H and O–H groups in total. The number of carbonyl (C=O) groups is 1. The first kappa shape index (κ1) is 20.7. The minimum absolute atomic E-state index is 0.0664. The molecule has 6 rings (SSSR count). The van der Waals surface area contributed by atoms with E-state index in [0.29, 0.717) is 43.6 Å².